The highest BCUT2D eigenvalue weighted by Gasteiger charge is 2.21. The highest BCUT2D eigenvalue weighted by atomic mass is 16.5. The summed E-state index contributed by atoms with van der Waals surface area (Å²) in [5, 5.41) is 6.76. The van der Waals surface area contributed by atoms with Crippen molar-refractivity contribution in [1.29, 1.82) is 0 Å². The van der Waals surface area contributed by atoms with E-state index in [0.29, 0.717) is 13.2 Å². The lowest BCUT2D eigenvalue weighted by molar-refractivity contribution is -0.144. The summed E-state index contributed by atoms with van der Waals surface area (Å²) in [4.78, 5) is 24.4. The summed E-state index contributed by atoms with van der Waals surface area (Å²) in [5.74, 6) is -0.307. The maximum absolute atomic E-state index is 12.2. The van der Waals surface area contributed by atoms with E-state index in [-0.39, 0.29) is 36.1 Å². The first-order chi connectivity index (χ1) is 21.1. The van der Waals surface area contributed by atoms with Crippen molar-refractivity contribution in [3.8, 4) is 0 Å². The Hall–Kier alpha value is -1.14. The van der Waals surface area contributed by atoms with Crippen molar-refractivity contribution in [3.63, 3.8) is 0 Å². The Kier molecular flexibility index (Phi) is 28.5. The van der Waals surface area contributed by atoms with Crippen LogP contribution in [0.5, 0.6) is 0 Å². The molecule has 0 unspecified atom stereocenters. The highest BCUT2D eigenvalue weighted by molar-refractivity contribution is 5.72. The maximum atomic E-state index is 12.2. The molecule has 0 rings (SSSR count). The summed E-state index contributed by atoms with van der Waals surface area (Å²) < 4.78 is 10.9. The van der Waals surface area contributed by atoms with E-state index in [4.69, 9.17) is 9.47 Å². The van der Waals surface area contributed by atoms with Gasteiger partial charge < -0.3 is 20.1 Å². The van der Waals surface area contributed by atoms with Gasteiger partial charge in [0.15, 0.2) is 0 Å². The summed E-state index contributed by atoms with van der Waals surface area (Å²) in [6.45, 7) is 14.7. The van der Waals surface area contributed by atoms with Crippen molar-refractivity contribution in [2.75, 3.05) is 26.3 Å². The quantitative estimate of drug-likeness (QED) is 0.0559. The number of unbranched alkanes of at least 4 members (excludes halogenated alkanes) is 19. The molecule has 0 spiro atoms. The molecule has 0 heterocycles. The molecule has 0 aliphatic carbocycles. The van der Waals surface area contributed by atoms with Crippen LogP contribution in [0.25, 0.3) is 0 Å². The van der Waals surface area contributed by atoms with Gasteiger partial charge in [0.05, 0.1) is 26.3 Å². The molecule has 0 aromatic carbocycles. The summed E-state index contributed by atoms with van der Waals surface area (Å²) in [6, 6.07) is 0. The van der Waals surface area contributed by atoms with Gasteiger partial charge in [0, 0.05) is 11.1 Å². The van der Waals surface area contributed by atoms with E-state index in [0.717, 1.165) is 51.4 Å². The molecule has 0 atom stereocenters. The van der Waals surface area contributed by atoms with Crippen LogP contribution in [-0.4, -0.2) is 49.3 Å². The molecule has 2 N–H and O–H groups in total. The monoisotopic (exact) mass is 625 g/mol. The second-order valence-electron chi connectivity index (χ2n) is 14.5. The number of carbonyl (C=O) groups is 2. The maximum Gasteiger partial charge on any atom is 0.319 e. The van der Waals surface area contributed by atoms with Crippen molar-refractivity contribution in [2.24, 2.45) is 0 Å². The Labute approximate surface area is 274 Å². The molecule has 0 bridgehead atoms. The predicted molar refractivity (Wildman–Crippen MR) is 188 cm³/mol. The molecule has 44 heavy (non-hydrogen) atoms. The second-order valence-corrected chi connectivity index (χ2v) is 14.5. The number of hydrogen-bond acceptors (Lipinski definition) is 6. The van der Waals surface area contributed by atoms with Crippen LogP contribution in [0.4, 0.5) is 0 Å². The van der Waals surface area contributed by atoms with Crippen molar-refractivity contribution in [1.82, 2.24) is 10.6 Å². The normalized spacial score (nSPS) is 12.0. The Morgan fingerprint density at radius 1 is 0.432 bits per heavy atom. The molecule has 0 radical (unpaired) electrons. The zero-order valence-corrected chi connectivity index (χ0v) is 30.4. The van der Waals surface area contributed by atoms with Gasteiger partial charge in [0.2, 0.25) is 0 Å². The van der Waals surface area contributed by atoms with E-state index >= 15 is 0 Å². The Morgan fingerprint density at radius 3 is 1.00 bits per heavy atom. The van der Waals surface area contributed by atoms with Crippen LogP contribution in [-0.2, 0) is 19.1 Å². The van der Waals surface area contributed by atoms with Crippen LogP contribution in [0.3, 0.4) is 0 Å². The standard InChI is InChI=1S/C38H76N2O4/c1-7-9-11-13-15-17-19-21-23-27-31-43-35(41)33-39-37(3,4)29-25-26-30-38(5,6)40-34-36(42)44-32-28-24-22-20-18-16-14-12-10-8-2/h39-40H,7-34H2,1-6H3. The van der Waals surface area contributed by atoms with Gasteiger partial charge in [-0.15, -0.1) is 0 Å². The molecule has 0 aromatic heterocycles. The van der Waals surface area contributed by atoms with Gasteiger partial charge in [-0.05, 0) is 53.4 Å². The Morgan fingerprint density at radius 2 is 0.705 bits per heavy atom. The summed E-state index contributed by atoms with van der Waals surface area (Å²) in [6.07, 6.45) is 29.7. The smallest absolute Gasteiger partial charge is 0.319 e. The van der Waals surface area contributed by atoms with Gasteiger partial charge >= 0.3 is 11.9 Å². The minimum atomic E-state index is -0.153. The number of esters is 2. The number of rotatable bonds is 33. The van der Waals surface area contributed by atoms with E-state index in [9.17, 15) is 9.59 Å². The van der Waals surface area contributed by atoms with Crippen LogP contribution in [0.1, 0.15) is 196 Å². The van der Waals surface area contributed by atoms with E-state index in [2.05, 4.69) is 52.2 Å². The number of nitrogens with one attached hydrogen (secondary N) is 2. The molecular weight excluding hydrogens is 548 g/mol. The molecule has 0 amide bonds. The zero-order chi connectivity index (χ0) is 32.8. The van der Waals surface area contributed by atoms with Gasteiger partial charge in [-0.3, -0.25) is 9.59 Å². The third kappa shape index (κ3) is 30.9. The number of ether oxygens (including phenoxy) is 2. The number of hydrogen-bond donors (Lipinski definition) is 2. The lowest BCUT2D eigenvalue weighted by Crippen LogP contribution is -2.43. The molecule has 0 aliphatic heterocycles. The van der Waals surface area contributed by atoms with E-state index < -0.39 is 0 Å². The first-order valence-electron chi connectivity index (χ1n) is 18.9. The zero-order valence-electron chi connectivity index (χ0n) is 30.4. The molecular formula is C38H76N2O4. The van der Waals surface area contributed by atoms with Crippen LogP contribution < -0.4 is 10.6 Å². The molecule has 0 fully saturated rings. The third-order valence-corrected chi connectivity index (χ3v) is 8.80. The first kappa shape index (κ1) is 42.9. The van der Waals surface area contributed by atoms with Gasteiger partial charge in [-0.25, -0.2) is 0 Å². The van der Waals surface area contributed by atoms with Crippen molar-refractivity contribution < 1.29 is 19.1 Å². The highest BCUT2D eigenvalue weighted by Crippen LogP contribution is 2.19. The molecule has 6 nitrogen and oxygen atoms in total. The average molecular weight is 625 g/mol. The molecule has 262 valence electrons. The minimum Gasteiger partial charge on any atom is -0.465 e. The average Bonchev–Trinajstić information content (AvgIpc) is 2.99. The van der Waals surface area contributed by atoms with E-state index in [1.54, 1.807) is 0 Å². The Balaban J connectivity index is 3.74. The molecule has 0 saturated heterocycles. The second kappa shape index (κ2) is 29.3. The van der Waals surface area contributed by atoms with Crippen LogP contribution in [0.15, 0.2) is 0 Å². The van der Waals surface area contributed by atoms with Gasteiger partial charge in [0.1, 0.15) is 0 Å². The van der Waals surface area contributed by atoms with Crippen LogP contribution in [0, 0.1) is 0 Å². The largest absolute Gasteiger partial charge is 0.465 e. The van der Waals surface area contributed by atoms with Crippen LogP contribution in [0.2, 0.25) is 0 Å². The molecule has 0 aromatic rings. The van der Waals surface area contributed by atoms with E-state index in [1.807, 2.05) is 0 Å². The number of carbonyl (C=O) groups excluding carboxylic acids is 2. The fourth-order valence-corrected chi connectivity index (χ4v) is 5.59. The molecule has 0 aliphatic rings. The minimum absolute atomic E-state index is 0.119. The van der Waals surface area contributed by atoms with E-state index in [1.165, 1.54) is 103 Å². The SMILES string of the molecule is CCCCCCCCCCCCOC(=O)CNC(C)(C)CCCCC(C)(C)NCC(=O)OCCCCCCCCCCCC. The topological polar surface area (TPSA) is 76.7 Å². The third-order valence-electron chi connectivity index (χ3n) is 8.80. The van der Waals surface area contributed by atoms with Crippen LogP contribution >= 0.6 is 0 Å². The molecule has 0 saturated carbocycles. The summed E-state index contributed by atoms with van der Waals surface area (Å²) >= 11 is 0. The lowest BCUT2D eigenvalue weighted by Gasteiger charge is -2.28. The van der Waals surface area contributed by atoms with Gasteiger partial charge in [-0.1, -0.05) is 142 Å². The first-order valence-corrected chi connectivity index (χ1v) is 18.9. The molecule has 6 heteroatoms. The fourth-order valence-electron chi connectivity index (χ4n) is 5.59. The van der Waals surface area contributed by atoms with Crippen molar-refractivity contribution >= 4 is 11.9 Å². The van der Waals surface area contributed by atoms with Gasteiger partial charge in [-0.2, -0.15) is 0 Å². The lowest BCUT2D eigenvalue weighted by atomic mass is 9.92. The fraction of sp³-hybridized carbons (Fsp3) is 0.947. The van der Waals surface area contributed by atoms with Crippen molar-refractivity contribution in [3.05, 3.63) is 0 Å². The van der Waals surface area contributed by atoms with Crippen molar-refractivity contribution in [2.45, 2.75) is 207 Å². The Bertz CT molecular complexity index is 609. The van der Waals surface area contributed by atoms with Gasteiger partial charge in [0.25, 0.3) is 0 Å². The summed E-state index contributed by atoms with van der Waals surface area (Å²) in [7, 11) is 0. The predicted octanol–water partition coefficient (Wildman–Crippen LogP) is 10.2. The summed E-state index contributed by atoms with van der Waals surface area (Å²) in [5.41, 5.74) is -0.238.